The van der Waals surface area contributed by atoms with Crippen LogP contribution in [0.2, 0.25) is 0 Å². The number of Topliss-reactive ketones (excluding diaryl/α,β-unsaturated/α-hetero) is 1. The Morgan fingerprint density at radius 1 is 1.13 bits per heavy atom. The summed E-state index contributed by atoms with van der Waals surface area (Å²) in [5, 5.41) is 13.3. The molecular weight excluding hydrogens is 511 g/mol. The molecule has 0 radical (unpaired) electrons. The highest BCUT2D eigenvalue weighted by molar-refractivity contribution is 6.18. The molecule has 10 heteroatoms. The molecule has 1 atom stereocenters. The van der Waals surface area contributed by atoms with Crippen LogP contribution in [0, 0.1) is 6.92 Å². The van der Waals surface area contributed by atoms with Crippen LogP contribution in [0.4, 0.5) is 13.2 Å². The summed E-state index contributed by atoms with van der Waals surface area (Å²) >= 11 is 0. The third kappa shape index (κ3) is 5.31. The number of hydrogen-bond donors (Lipinski definition) is 1. The number of likely N-dealkylation sites (N-methyl/N-ethyl adjacent to an activating group) is 1. The summed E-state index contributed by atoms with van der Waals surface area (Å²) in [4.78, 5) is 21.6. The van der Waals surface area contributed by atoms with E-state index < -0.39 is 25.2 Å². The van der Waals surface area contributed by atoms with Crippen molar-refractivity contribution < 1.29 is 32.2 Å². The molecule has 5 rings (SSSR count). The Morgan fingerprint density at radius 3 is 2.46 bits per heavy atom. The number of ether oxygens (including phenoxy) is 1. The van der Waals surface area contributed by atoms with E-state index in [1.807, 2.05) is 12.1 Å². The standard InChI is InChI=1S/C29H30F3N3O4/c1-17(36)23-18(2)39-28-22-16-20(38-15-8-29(30,31)32)4-5-21(22)27(37)25(24(23)28)26(19-6-9-33-10-7-19)35-13-11-34(3)12-14-35/h4-7,9-10,16,26,37H,8,11-15H2,1-3H3. The van der Waals surface area contributed by atoms with Crippen LogP contribution in [0.25, 0.3) is 21.7 Å². The van der Waals surface area contributed by atoms with Crippen molar-refractivity contribution in [2.45, 2.75) is 32.5 Å². The highest BCUT2D eigenvalue weighted by Crippen LogP contribution is 2.48. The van der Waals surface area contributed by atoms with E-state index in [0.717, 1.165) is 31.7 Å². The zero-order chi connectivity index (χ0) is 27.9. The molecule has 0 aliphatic carbocycles. The number of phenolic OH excluding ortho intramolecular Hbond substituents is 1. The predicted molar refractivity (Wildman–Crippen MR) is 141 cm³/mol. The number of aromatic hydroxyl groups is 1. The summed E-state index contributed by atoms with van der Waals surface area (Å²) in [6.45, 7) is 5.76. The van der Waals surface area contributed by atoms with E-state index in [1.54, 1.807) is 31.5 Å². The maximum atomic E-state index is 12.9. The van der Waals surface area contributed by atoms with Gasteiger partial charge in [-0.25, -0.2) is 0 Å². The van der Waals surface area contributed by atoms with Gasteiger partial charge in [-0.1, -0.05) is 0 Å². The van der Waals surface area contributed by atoms with Crippen molar-refractivity contribution in [2.24, 2.45) is 0 Å². The van der Waals surface area contributed by atoms with Gasteiger partial charge >= 0.3 is 6.18 Å². The first-order chi connectivity index (χ1) is 18.5. The Bertz CT molecular complexity index is 1510. The summed E-state index contributed by atoms with van der Waals surface area (Å²) in [6, 6.07) is 8.11. The molecule has 0 bridgehead atoms. The average Bonchev–Trinajstić information content (AvgIpc) is 3.24. The van der Waals surface area contributed by atoms with E-state index in [-0.39, 0.29) is 17.3 Å². The number of piperazine rings is 1. The number of carbonyl (C=O) groups excluding carboxylic acids is 1. The second-order valence-electron chi connectivity index (χ2n) is 10.00. The van der Waals surface area contributed by atoms with E-state index in [0.29, 0.717) is 38.6 Å². The molecule has 2 aromatic carbocycles. The molecule has 4 aromatic rings. The van der Waals surface area contributed by atoms with Crippen LogP contribution in [0.5, 0.6) is 11.5 Å². The van der Waals surface area contributed by atoms with Crippen LogP contribution in [0.1, 0.15) is 46.6 Å². The van der Waals surface area contributed by atoms with Crippen molar-refractivity contribution in [3.63, 3.8) is 0 Å². The number of alkyl halides is 3. The van der Waals surface area contributed by atoms with Gasteiger partial charge in [0.05, 0.1) is 24.6 Å². The number of aryl methyl sites for hydroxylation is 1. The first-order valence-corrected chi connectivity index (χ1v) is 12.8. The van der Waals surface area contributed by atoms with Crippen molar-refractivity contribution in [3.05, 3.63) is 65.2 Å². The van der Waals surface area contributed by atoms with Crippen molar-refractivity contribution >= 4 is 27.5 Å². The quantitative estimate of drug-likeness (QED) is 0.294. The molecule has 1 N–H and O–H groups in total. The van der Waals surface area contributed by atoms with E-state index in [1.165, 1.54) is 13.0 Å². The average molecular weight is 542 g/mol. The molecule has 39 heavy (non-hydrogen) atoms. The maximum Gasteiger partial charge on any atom is 0.392 e. The number of aromatic nitrogens is 1. The number of furan rings is 1. The van der Waals surface area contributed by atoms with Gasteiger partial charge in [0.2, 0.25) is 0 Å². The third-order valence-electron chi connectivity index (χ3n) is 7.30. The van der Waals surface area contributed by atoms with Crippen LogP contribution < -0.4 is 4.74 Å². The molecule has 1 unspecified atom stereocenters. The first-order valence-electron chi connectivity index (χ1n) is 12.8. The molecule has 0 amide bonds. The van der Waals surface area contributed by atoms with Crippen LogP contribution >= 0.6 is 0 Å². The van der Waals surface area contributed by atoms with Gasteiger partial charge in [0, 0.05) is 60.3 Å². The van der Waals surface area contributed by atoms with Gasteiger partial charge in [0.1, 0.15) is 22.8 Å². The van der Waals surface area contributed by atoms with Gasteiger partial charge < -0.3 is 19.2 Å². The molecule has 1 aliphatic heterocycles. The minimum atomic E-state index is -4.34. The molecule has 2 aromatic heterocycles. The molecule has 3 heterocycles. The minimum Gasteiger partial charge on any atom is -0.507 e. The number of ketones is 1. The number of benzene rings is 2. The fraction of sp³-hybridized carbons (Fsp3) is 0.379. The fourth-order valence-electron chi connectivity index (χ4n) is 5.42. The van der Waals surface area contributed by atoms with Gasteiger partial charge in [-0.2, -0.15) is 13.2 Å². The molecule has 206 valence electrons. The van der Waals surface area contributed by atoms with E-state index in [2.05, 4.69) is 21.8 Å². The first kappa shape index (κ1) is 27.0. The van der Waals surface area contributed by atoms with Crippen LogP contribution in [-0.2, 0) is 0 Å². The topological polar surface area (TPSA) is 79.0 Å². The second kappa shape index (κ2) is 10.5. The van der Waals surface area contributed by atoms with Gasteiger partial charge in [-0.15, -0.1) is 0 Å². The minimum absolute atomic E-state index is 0.0108. The zero-order valence-electron chi connectivity index (χ0n) is 22.0. The van der Waals surface area contributed by atoms with Gasteiger partial charge in [0.15, 0.2) is 5.78 Å². The highest BCUT2D eigenvalue weighted by atomic mass is 19.4. The van der Waals surface area contributed by atoms with Gasteiger partial charge in [-0.05, 0) is 56.8 Å². The third-order valence-corrected chi connectivity index (χ3v) is 7.30. The van der Waals surface area contributed by atoms with E-state index >= 15 is 0 Å². The molecular formula is C29H30F3N3O4. The number of nitrogens with zero attached hydrogens (tertiary/aromatic N) is 3. The summed E-state index contributed by atoms with van der Waals surface area (Å²) in [5.41, 5.74) is 2.22. The zero-order valence-corrected chi connectivity index (χ0v) is 22.0. The maximum absolute atomic E-state index is 12.9. The largest absolute Gasteiger partial charge is 0.507 e. The fourth-order valence-corrected chi connectivity index (χ4v) is 5.42. The smallest absolute Gasteiger partial charge is 0.392 e. The lowest BCUT2D eigenvalue weighted by molar-refractivity contribution is -0.139. The Hall–Kier alpha value is -3.63. The van der Waals surface area contributed by atoms with Crippen LogP contribution in [-0.4, -0.2) is 71.7 Å². The summed E-state index contributed by atoms with van der Waals surface area (Å²) < 4.78 is 49.5. The SMILES string of the molecule is CC(=O)c1c(C)oc2c1c(C(c1ccncc1)N1CCN(C)CC1)c(O)c1ccc(OCCC(F)(F)F)cc12. The Kier molecular flexibility index (Phi) is 7.26. The molecule has 0 spiro atoms. The van der Waals surface area contributed by atoms with E-state index in [4.69, 9.17) is 9.15 Å². The van der Waals surface area contributed by atoms with Crippen molar-refractivity contribution in [2.75, 3.05) is 39.8 Å². The van der Waals surface area contributed by atoms with Gasteiger partial charge in [0.25, 0.3) is 0 Å². The number of halogens is 3. The normalized spacial score (nSPS) is 16.2. The number of hydrogen-bond acceptors (Lipinski definition) is 7. The molecule has 1 saturated heterocycles. The van der Waals surface area contributed by atoms with Crippen molar-refractivity contribution in [3.8, 4) is 11.5 Å². The molecule has 0 saturated carbocycles. The molecule has 7 nitrogen and oxygen atoms in total. The summed E-state index contributed by atoms with van der Waals surface area (Å²) in [6.07, 6.45) is -2.02. The highest BCUT2D eigenvalue weighted by Gasteiger charge is 2.34. The van der Waals surface area contributed by atoms with E-state index in [9.17, 15) is 23.1 Å². The predicted octanol–water partition coefficient (Wildman–Crippen LogP) is 5.87. The second-order valence-corrected chi connectivity index (χ2v) is 10.00. The number of rotatable bonds is 7. The molecule has 1 fully saturated rings. The lowest BCUT2D eigenvalue weighted by Gasteiger charge is -2.39. The lowest BCUT2D eigenvalue weighted by Crippen LogP contribution is -2.46. The van der Waals surface area contributed by atoms with Crippen molar-refractivity contribution in [1.29, 1.82) is 0 Å². The number of phenols is 1. The monoisotopic (exact) mass is 541 g/mol. The Labute approximate surface area is 223 Å². The number of carbonyl (C=O) groups is 1. The molecule has 1 aliphatic rings. The number of pyridine rings is 1. The lowest BCUT2D eigenvalue weighted by atomic mass is 9.88. The Balaban J connectivity index is 1.75. The van der Waals surface area contributed by atoms with Crippen LogP contribution in [0.15, 0.2) is 47.1 Å². The number of fused-ring (bicyclic) bond motifs is 3. The summed E-state index contributed by atoms with van der Waals surface area (Å²) in [7, 11) is 2.06. The summed E-state index contributed by atoms with van der Waals surface area (Å²) in [5.74, 6) is 0.392. The van der Waals surface area contributed by atoms with Gasteiger partial charge in [-0.3, -0.25) is 14.7 Å². The Morgan fingerprint density at radius 2 is 1.82 bits per heavy atom. The van der Waals surface area contributed by atoms with Crippen molar-refractivity contribution in [1.82, 2.24) is 14.8 Å². The van der Waals surface area contributed by atoms with Crippen LogP contribution in [0.3, 0.4) is 0 Å².